The number of aryl methyl sites for hydroxylation is 2. The first-order valence-electron chi connectivity index (χ1n) is 9.46. The highest BCUT2D eigenvalue weighted by molar-refractivity contribution is 7.89. The fraction of sp³-hybridized carbons (Fsp3) is 0.429. The highest BCUT2D eigenvalue weighted by atomic mass is 32.2. The number of nitrogens with one attached hydrogen (secondary N) is 1. The van der Waals surface area contributed by atoms with Crippen LogP contribution in [0.4, 0.5) is 0 Å². The molecule has 2 aromatic carbocycles. The average Bonchev–Trinajstić information content (AvgIpc) is 2.69. The lowest BCUT2D eigenvalue weighted by Gasteiger charge is -2.31. The summed E-state index contributed by atoms with van der Waals surface area (Å²) in [7, 11) is -3.60. The molecular weight excluding hydrogens is 360 g/mol. The Morgan fingerprint density at radius 2 is 1.67 bits per heavy atom. The normalized spacial score (nSPS) is 17.0. The summed E-state index contributed by atoms with van der Waals surface area (Å²) in [6.45, 7) is 7.71. The molecule has 0 aromatic heterocycles. The van der Waals surface area contributed by atoms with Crippen molar-refractivity contribution in [3.8, 4) is 0 Å². The second-order valence-electron chi connectivity index (χ2n) is 7.00. The largest absolute Gasteiger partial charge is 0.379 e. The minimum atomic E-state index is -3.60. The van der Waals surface area contributed by atoms with E-state index in [4.69, 9.17) is 4.74 Å². The van der Waals surface area contributed by atoms with Gasteiger partial charge in [0.15, 0.2) is 0 Å². The van der Waals surface area contributed by atoms with Crippen molar-refractivity contribution in [3.05, 3.63) is 65.2 Å². The zero-order valence-electron chi connectivity index (χ0n) is 16.0. The molecule has 1 fully saturated rings. The van der Waals surface area contributed by atoms with E-state index in [2.05, 4.69) is 16.5 Å². The van der Waals surface area contributed by atoms with E-state index < -0.39 is 10.0 Å². The van der Waals surface area contributed by atoms with E-state index in [0.717, 1.165) is 36.2 Å². The molecule has 1 aliphatic heterocycles. The van der Waals surface area contributed by atoms with Crippen molar-refractivity contribution in [2.75, 3.05) is 32.8 Å². The van der Waals surface area contributed by atoms with Gasteiger partial charge in [0.1, 0.15) is 0 Å². The lowest BCUT2D eigenvalue weighted by atomic mass is 10.1. The molecule has 3 rings (SSSR count). The van der Waals surface area contributed by atoms with Crippen molar-refractivity contribution in [2.45, 2.75) is 31.2 Å². The number of sulfonamides is 1. The van der Waals surface area contributed by atoms with Gasteiger partial charge < -0.3 is 4.74 Å². The lowest BCUT2D eigenvalue weighted by Crippen LogP contribution is -2.43. The van der Waals surface area contributed by atoms with E-state index in [0.29, 0.717) is 24.7 Å². The molecule has 146 valence electrons. The molecular formula is C21H28N2O3S. The molecule has 0 aliphatic carbocycles. The first-order valence-corrected chi connectivity index (χ1v) is 10.9. The number of hydrogen-bond donors (Lipinski definition) is 1. The van der Waals surface area contributed by atoms with Gasteiger partial charge in [-0.3, -0.25) is 4.90 Å². The van der Waals surface area contributed by atoms with Crippen molar-refractivity contribution in [1.29, 1.82) is 0 Å². The van der Waals surface area contributed by atoms with Gasteiger partial charge >= 0.3 is 0 Å². The summed E-state index contributed by atoms with van der Waals surface area (Å²) in [5.41, 5.74) is 3.25. The lowest BCUT2D eigenvalue weighted by molar-refractivity contribution is 0.0345. The topological polar surface area (TPSA) is 58.6 Å². The number of rotatable bonds is 7. The fourth-order valence-electron chi connectivity index (χ4n) is 3.21. The number of hydrogen-bond acceptors (Lipinski definition) is 4. The quantitative estimate of drug-likeness (QED) is 0.792. The van der Waals surface area contributed by atoms with Crippen LogP contribution in [0, 0.1) is 6.92 Å². The molecule has 5 nitrogen and oxygen atoms in total. The van der Waals surface area contributed by atoms with Gasteiger partial charge in [0.2, 0.25) is 10.0 Å². The van der Waals surface area contributed by atoms with E-state index >= 15 is 0 Å². The number of ether oxygens (including phenoxy) is 1. The molecule has 0 radical (unpaired) electrons. The van der Waals surface area contributed by atoms with Crippen LogP contribution in [0.15, 0.2) is 53.4 Å². The Balaban J connectivity index is 1.83. The van der Waals surface area contributed by atoms with E-state index in [1.165, 1.54) is 0 Å². The molecule has 27 heavy (non-hydrogen) atoms. The molecule has 1 saturated heterocycles. The van der Waals surface area contributed by atoms with E-state index in [9.17, 15) is 8.42 Å². The average molecular weight is 389 g/mol. The molecule has 0 saturated carbocycles. The Labute approximate surface area is 162 Å². The summed E-state index contributed by atoms with van der Waals surface area (Å²) < 4.78 is 34.3. The second-order valence-corrected chi connectivity index (χ2v) is 8.71. The number of morpholine rings is 1. The van der Waals surface area contributed by atoms with Crippen LogP contribution in [0.25, 0.3) is 0 Å². The van der Waals surface area contributed by atoms with Gasteiger partial charge in [-0.25, -0.2) is 13.1 Å². The van der Waals surface area contributed by atoms with Crippen LogP contribution in [0.1, 0.15) is 29.7 Å². The monoisotopic (exact) mass is 388 g/mol. The Kier molecular flexibility index (Phi) is 6.65. The molecule has 1 aliphatic rings. The van der Waals surface area contributed by atoms with Crippen molar-refractivity contribution in [1.82, 2.24) is 9.62 Å². The Bertz CT molecular complexity index is 827. The van der Waals surface area contributed by atoms with Crippen LogP contribution in [-0.2, 0) is 21.2 Å². The van der Waals surface area contributed by atoms with Crippen molar-refractivity contribution in [2.24, 2.45) is 0 Å². The molecule has 1 heterocycles. The molecule has 0 amide bonds. The Hall–Kier alpha value is -1.73. The zero-order chi connectivity index (χ0) is 19.3. The third-order valence-electron chi connectivity index (χ3n) is 4.96. The standard InChI is InChI=1S/C21H28N2O3S/c1-3-18-6-10-20(11-7-18)27(24,25)22-21(16-23-12-14-26-15-13-23)19-8-4-17(2)5-9-19/h4-11,21-22H,3,12-16H2,1-2H3. The number of nitrogens with zero attached hydrogens (tertiary/aromatic N) is 1. The predicted octanol–water partition coefficient (Wildman–Crippen LogP) is 2.91. The Morgan fingerprint density at radius 1 is 1.04 bits per heavy atom. The first-order chi connectivity index (χ1) is 13.0. The van der Waals surface area contributed by atoms with E-state index in [-0.39, 0.29) is 6.04 Å². The van der Waals surface area contributed by atoms with Gasteiger partial charge in [0.05, 0.1) is 24.2 Å². The molecule has 6 heteroatoms. The molecule has 1 unspecified atom stereocenters. The van der Waals surface area contributed by atoms with Crippen molar-refractivity contribution in [3.63, 3.8) is 0 Å². The fourth-order valence-corrected chi connectivity index (χ4v) is 4.43. The van der Waals surface area contributed by atoms with Crippen LogP contribution in [0.5, 0.6) is 0 Å². The molecule has 1 atom stereocenters. The zero-order valence-corrected chi connectivity index (χ0v) is 16.8. The summed E-state index contributed by atoms with van der Waals surface area (Å²) >= 11 is 0. The predicted molar refractivity (Wildman–Crippen MR) is 107 cm³/mol. The van der Waals surface area contributed by atoms with Gasteiger partial charge in [-0.1, -0.05) is 48.9 Å². The van der Waals surface area contributed by atoms with E-state index in [1.807, 2.05) is 43.3 Å². The van der Waals surface area contributed by atoms with Crippen LogP contribution in [0.2, 0.25) is 0 Å². The third-order valence-corrected chi connectivity index (χ3v) is 6.45. The first kappa shape index (κ1) is 20.0. The highest BCUT2D eigenvalue weighted by Gasteiger charge is 2.24. The maximum Gasteiger partial charge on any atom is 0.241 e. The van der Waals surface area contributed by atoms with Gasteiger partial charge in [0, 0.05) is 19.6 Å². The van der Waals surface area contributed by atoms with Crippen LogP contribution in [0.3, 0.4) is 0 Å². The molecule has 1 N–H and O–H groups in total. The van der Waals surface area contributed by atoms with Gasteiger partial charge in [-0.05, 0) is 36.6 Å². The van der Waals surface area contributed by atoms with Crippen molar-refractivity contribution >= 4 is 10.0 Å². The smallest absolute Gasteiger partial charge is 0.241 e. The van der Waals surface area contributed by atoms with E-state index in [1.54, 1.807) is 12.1 Å². The number of benzene rings is 2. The molecule has 0 spiro atoms. The summed E-state index contributed by atoms with van der Waals surface area (Å²) in [5.74, 6) is 0. The van der Waals surface area contributed by atoms with Crippen LogP contribution >= 0.6 is 0 Å². The van der Waals surface area contributed by atoms with Crippen LogP contribution in [-0.4, -0.2) is 46.2 Å². The summed E-state index contributed by atoms with van der Waals surface area (Å²) in [6, 6.07) is 14.9. The molecule has 2 aromatic rings. The second kappa shape index (κ2) is 8.97. The summed E-state index contributed by atoms with van der Waals surface area (Å²) in [4.78, 5) is 2.55. The third kappa shape index (κ3) is 5.39. The Morgan fingerprint density at radius 3 is 2.26 bits per heavy atom. The molecule has 0 bridgehead atoms. The van der Waals surface area contributed by atoms with Gasteiger partial charge in [-0.15, -0.1) is 0 Å². The van der Waals surface area contributed by atoms with Gasteiger partial charge in [0.25, 0.3) is 0 Å². The van der Waals surface area contributed by atoms with Crippen molar-refractivity contribution < 1.29 is 13.2 Å². The van der Waals surface area contributed by atoms with Crippen LogP contribution < -0.4 is 4.72 Å². The SMILES string of the molecule is CCc1ccc(S(=O)(=O)NC(CN2CCOCC2)c2ccc(C)cc2)cc1. The summed E-state index contributed by atoms with van der Waals surface area (Å²) in [6.07, 6.45) is 0.886. The maximum absolute atomic E-state index is 13.0. The van der Waals surface area contributed by atoms with Gasteiger partial charge in [-0.2, -0.15) is 0 Å². The minimum Gasteiger partial charge on any atom is -0.379 e. The maximum atomic E-state index is 13.0. The summed E-state index contributed by atoms with van der Waals surface area (Å²) in [5, 5.41) is 0. The minimum absolute atomic E-state index is 0.304. The highest BCUT2D eigenvalue weighted by Crippen LogP contribution is 2.20.